The Morgan fingerprint density at radius 1 is 1.21 bits per heavy atom. The lowest BCUT2D eigenvalue weighted by molar-refractivity contribution is 0.0597. The minimum atomic E-state index is -0.943. The van der Waals surface area contributed by atoms with Crippen molar-refractivity contribution in [1.29, 1.82) is 5.26 Å². The largest absolute Gasteiger partial charge is 0.465 e. The number of nitrogens with one attached hydrogen (secondary N) is 1. The molecular weight excluding hydrogens is 498 g/mol. The van der Waals surface area contributed by atoms with Crippen LogP contribution in [0.25, 0.3) is 5.65 Å². The molecule has 3 aromatic rings. The number of anilines is 3. The second kappa shape index (κ2) is 10.1. The van der Waals surface area contributed by atoms with Gasteiger partial charge in [-0.1, -0.05) is 0 Å². The van der Waals surface area contributed by atoms with Gasteiger partial charge in [0.15, 0.2) is 5.65 Å². The Kier molecular flexibility index (Phi) is 6.80. The van der Waals surface area contributed by atoms with E-state index in [0.717, 1.165) is 36.8 Å². The molecule has 1 saturated heterocycles. The summed E-state index contributed by atoms with van der Waals surface area (Å²) in [4.78, 5) is 33.0. The number of nitrogens with zero attached hydrogens (tertiary/aromatic N) is 6. The van der Waals surface area contributed by atoms with Crippen molar-refractivity contribution in [2.45, 2.75) is 70.9 Å². The van der Waals surface area contributed by atoms with Crippen LogP contribution in [-0.2, 0) is 4.74 Å². The van der Waals surface area contributed by atoms with Crippen LogP contribution < -0.4 is 10.2 Å². The third kappa shape index (κ3) is 5.74. The summed E-state index contributed by atoms with van der Waals surface area (Å²) in [5, 5.41) is 27.2. The average Bonchev–Trinajstić information content (AvgIpc) is 3.61. The number of carbonyl (C=O) groups is 2. The molecule has 0 spiro atoms. The summed E-state index contributed by atoms with van der Waals surface area (Å²) in [5.41, 5.74) is 2.56. The maximum absolute atomic E-state index is 13.8. The van der Waals surface area contributed by atoms with Gasteiger partial charge in [0.1, 0.15) is 17.2 Å². The average molecular weight is 532 g/mol. The Hall–Kier alpha value is -4.33. The first kappa shape index (κ1) is 26.3. The Labute approximate surface area is 227 Å². The predicted molar refractivity (Wildman–Crippen MR) is 145 cm³/mol. The van der Waals surface area contributed by atoms with Gasteiger partial charge < -0.3 is 20.1 Å². The molecule has 204 valence electrons. The Morgan fingerprint density at radius 3 is 2.64 bits per heavy atom. The number of fused-ring (bicyclic) bond motifs is 1. The van der Waals surface area contributed by atoms with E-state index < -0.39 is 17.8 Å². The zero-order valence-electron chi connectivity index (χ0n) is 22.6. The van der Waals surface area contributed by atoms with Crippen molar-refractivity contribution >= 4 is 35.2 Å². The van der Waals surface area contributed by atoms with E-state index in [2.05, 4.69) is 16.5 Å². The first-order chi connectivity index (χ1) is 18.5. The summed E-state index contributed by atoms with van der Waals surface area (Å²) in [6.45, 7) is 8.10. The van der Waals surface area contributed by atoms with Crippen molar-refractivity contribution in [3.8, 4) is 6.07 Å². The van der Waals surface area contributed by atoms with Gasteiger partial charge in [0.2, 0.25) is 0 Å². The Bertz CT molecular complexity index is 1470. The van der Waals surface area contributed by atoms with Crippen molar-refractivity contribution in [3.05, 3.63) is 47.2 Å². The highest BCUT2D eigenvalue weighted by molar-refractivity contribution is 5.96. The fourth-order valence-corrected chi connectivity index (χ4v) is 4.95. The molecule has 0 bridgehead atoms. The van der Waals surface area contributed by atoms with Gasteiger partial charge in [0, 0.05) is 30.8 Å². The van der Waals surface area contributed by atoms with Gasteiger partial charge in [-0.3, -0.25) is 0 Å². The molecule has 0 radical (unpaired) electrons. The number of hydrogen-bond acceptors (Lipinski definition) is 7. The van der Waals surface area contributed by atoms with Crippen molar-refractivity contribution in [2.75, 3.05) is 23.3 Å². The SMILES string of the molecule is Cc1cc(C#N)cc(N(C(=O)OC(C)(C)C)c2cc(NC3CCCN(C(=O)O)C3)nc3c(C4CC4)cnn23)c1. The summed E-state index contributed by atoms with van der Waals surface area (Å²) in [7, 11) is 0. The highest BCUT2D eigenvalue weighted by atomic mass is 16.6. The maximum atomic E-state index is 13.8. The van der Waals surface area contributed by atoms with Gasteiger partial charge in [-0.25, -0.2) is 19.5 Å². The molecule has 2 amide bonds. The molecule has 11 nitrogen and oxygen atoms in total. The standard InChI is InChI=1S/C28H33N7O4/c1-17-10-18(14-29)12-21(11-17)34(27(38)39-28(2,3)4)24-13-23(31-20-6-5-9-33(16-20)26(36)37)32-25-22(19-7-8-19)15-30-35(24)25/h10-13,15,19-20H,5-9,16H2,1-4H3,(H,31,32)(H,36,37). The lowest BCUT2D eigenvalue weighted by Crippen LogP contribution is -2.44. The number of aryl methyl sites for hydroxylation is 1. The number of carbonyl (C=O) groups excluding carboxylic acids is 1. The summed E-state index contributed by atoms with van der Waals surface area (Å²) < 4.78 is 7.46. The van der Waals surface area contributed by atoms with Crippen LogP contribution >= 0.6 is 0 Å². The molecule has 1 atom stereocenters. The Balaban J connectivity index is 1.64. The molecule has 1 aliphatic heterocycles. The van der Waals surface area contributed by atoms with Crippen molar-refractivity contribution in [1.82, 2.24) is 19.5 Å². The lowest BCUT2D eigenvalue weighted by Gasteiger charge is -2.32. The summed E-state index contributed by atoms with van der Waals surface area (Å²) in [6.07, 6.45) is 3.86. The Morgan fingerprint density at radius 2 is 1.97 bits per heavy atom. The van der Waals surface area contributed by atoms with E-state index in [-0.39, 0.29) is 6.04 Å². The van der Waals surface area contributed by atoms with Gasteiger partial charge in [0.05, 0.1) is 23.5 Å². The van der Waals surface area contributed by atoms with Gasteiger partial charge in [-0.2, -0.15) is 14.9 Å². The molecule has 11 heteroatoms. The van der Waals surface area contributed by atoms with Crippen LogP contribution in [0.5, 0.6) is 0 Å². The summed E-state index contributed by atoms with van der Waals surface area (Å²) in [6, 6.07) is 8.98. The lowest BCUT2D eigenvalue weighted by atomic mass is 10.1. The van der Waals surface area contributed by atoms with Crippen molar-refractivity contribution in [3.63, 3.8) is 0 Å². The van der Waals surface area contributed by atoms with E-state index in [4.69, 9.17) is 9.72 Å². The van der Waals surface area contributed by atoms with Crippen LogP contribution in [0.2, 0.25) is 0 Å². The zero-order chi connectivity index (χ0) is 27.9. The predicted octanol–water partition coefficient (Wildman–Crippen LogP) is 5.41. The molecule has 1 aliphatic carbocycles. The van der Waals surface area contributed by atoms with Gasteiger partial charge in [0.25, 0.3) is 0 Å². The molecule has 2 aliphatic rings. The second-order valence-corrected chi connectivity index (χ2v) is 11.3. The quantitative estimate of drug-likeness (QED) is 0.446. The fourth-order valence-electron chi connectivity index (χ4n) is 4.95. The summed E-state index contributed by atoms with van der Waals surface area (Å²) >= 11 is 0. The molecule has 2 aromatic heterocycles. The minimum absolute atomic E-state index is 0.135. The number of aromatic nitrogens is 3. The first-order valence-corrected chi connectivity index (χ1v) is 13.2. The highest BCUT2D eigenvalue weighted by Gasteiger charge is 2.32. The monoisotopic (exact) mass is 531 g/mol. The molecule has 2 N–H and O–H groups in total. The zero-order valence-corrected chi connectivity index (χ0v) is 22.6. The van der Waals surface area contributed by atoms with E-state index in [0.29, 0.717) is 47.5 Å². The van der Waals surface area contributed by atoms with Crippen molar-refractivity contribution in [2.24, 2.45) is 0 Å². The number of benzene rings is 1. The molecule has 1 saturated carbocycles. The number of ether oxygens (including phenoxy) is 1. The van der Waals surface area contributed by atoms with Crippen LogP contribution in [0.4, 0.5) is 26.9 Å². The molecular formula is C28H33N7O4. The number of nitriles is 1. The van der Waals surface area contributed by atoms with E-state index in [1.807, 2.05) is 13.0 Å². The van der Waals surface area contributed by atoms with E-state index in [1.54, 1.807) is 49.7 Å². The molecule has 1 unspecified atom stereocenters. The first-order valence-electron chi connectivity index (χ1n) is 13.2. The topological polar surface area (TPSA) is 136 Å². The third-order valence-corrected chi connectivity index (χ3v) is 6.80. The van der Waals surface area contributed by atoms with Crippen LogP contribution in [0.1, 0.15) is 69.1 Å². The molecule has 3 heterocycles. The molecule has 1 aromatic carbocycles. The minimum Gasteiger partial charge on any atom is -0.465 e. The van der Waals surface area contributed by atoms with Crippen LogP contribution in [0, 0.1) is 18.3 Å². The number of rotatable bonds is 5. The molecule has 39 heavy (non-hydrogen) atoms. The number of carboxylic acid groups (broad SMARTS) is 1. The van der Waals surface area contributed by atoms with Gasteiger partial charge >= 0.3 is 12.2 Å². The number of piperidine rings is 1. The molecule has 2 fully saturated rings. The van der Waals surface area contributed by atoms with Crippen LogP contribution in [0.3, 0.4) is 0 Å². The normalized spacial score (nSPS) is 17.5. The second-order valence-electron chi connectivity index (χ2n) is 11.3. The maximum Gasteiger partial charge on any atom is 0.420 e. The van der Waals surface area contributed by atoms with Gasteiger partial charge in [-0.05, 0) is 83.1 Å². The number of amides is 2. The van der Waals surface area contributed by atoms with E-state index in [1.165, 1.54) is 9.80 Å². The van der Waals surface area contributed by atoms with Crippen LogP contribution in [-0.4, -0.2) is 61.5 Å². The summed E-state index contributed by atoms with van der Waals surface area (Å²) in [5.74, 6) is 1.28. The van der Waals surface area contributed by atoms with E-state index in [9.17, 15) is 20.0 Å². The third-order valence-electron chi connectivity index (χ3n) is 6.80. The van der Waals surface area contributed by atoms with Crippen molar-refractivity contribution < 1.29 is 19.4 Å². The fraction of sp³-hybridized carbons (Fsp3) is 0.464. The smallest absolute Gasteiger partial charge is 0.420 e. The van der Waals surface area contributed by atoms with Gasteiger partial charge in [-0.15, -0.1) is 0 Å². The molecule has 5 rings (SSSR count). The van der Waals surface area contributed by atoms with Crippen LogP contribution in [0.15, 0.2) is 30.5 Å². The van der Waals surface area contributed by atoms with E-state index >= 15 is 0 Å². The number of hydrogen-bond donors (Lipinski definition) is 2. The highest BCUT2D eigenvalue weighted by Crippen LogP contribution is 2.43. The number of likely N-dealkylation sites (tertiary alicyclic amines) is 1.